The molecule has 0 aliphatic carbocycles. The standard InChI is InChI=1S/C15H10N8OS3/c24-13(22-14-18-5-6-25-14)12-9(26-11-7-16-3-4-17-11)1-2-10(21-12)27-15-19-8-20-23-15/h1-8H,(H,18,22,24)(H,19,20,23). The van der Waals surface area contributed by atoms with Crippen LogP contribution in [0.5, 0.6) is 0 Å². The lowest BCUT2D eigenvalue weighted by Crippen LogP contribution is -2.15. The van der Waals surface area contributed by atoms with Gasteiger partial charge in [-0.3, -0.25) is 20.2 Å². The first-order valence-corrected chi connectivity index (χ1v) is 9.98. The van der Waals surface area contributed by atoms with Crippen LogP contribution in [0.3, 0.4) is 0 Å². The third kappa shape index (κ3) is 4.48. The summed E-state index contributed by atoms with van der Waals surface area (Å²) in [6, 6.07) is 3.63. The molecule has 27 heavy (non-hydrogen) atoms. The predicted molar refractivity (Wildman–Crippen MR) is 101 cm³/mol. The van der Waals surface area contributed by atoms with Crippen LogP contribution in [0.2, 0.25) is 0 Å². The molecule has 0 atom stereocenters. The zero-order valence-electron chi connectivity index (χ0n) is 13.4. The zero-order chi connectivity index (χ0) is 18.5. The highest BCUT2D eigenvalue weighted by atomic mass is 32.2. The number of aromatic nitrogens is 7. The molecule has 0 aliphatic rings. The molecular formula is C15H10N8OS3. The molecule has 0 bridgehead atoms. The van der Waals surface area contributed by atoms with Gasteiger partial charge in [-0.25, -0.2) is 19.9 Å². The average molecular weight is 415 g/mol. The molecule has 0 spiro atoms. The first-order valence-electron chi connectivity index (χ1n) is 7.47. The van der Waals surface area contributed by atoms with Crippen molar-refractivity contribution >= 4 is 45.9 Å². The Balaban J connectivity index is 1.65. The van der Waals surface area contributed by atoms with Gasteiger partial charge in [-0.05, 0) is 23.9 Å². The molecule has 12 heteroatoms. The molecule has 4 heterocycles. The van der Waals surface area contributed by atoms with Crippen LogP contribution in [0, 0.1) is 0 Å². The molecule has 0 saturated heterocycles. The Kier molecular flexibility index (Phi) is 5.37. The number of anilines is 1. The lowest BCUT2D eigenvalue weighted by atomic mass is 10.3. The van der Waals surface area contributed by atoms with Crippen LogP contribution in [0.1, 0.15) is 10.5 Å². The summed E-state index contributed by atoms with van der Waals surface area (Å²) in [5.41, 5.74) is 0.269. The Morgan fingerprint density at radius 1 is 1.07 bits per heavy atom. The van der Waals surface area contributed by atoms with Gasteiger partial charge in [0.05, 0.1) is 6.20 Å². The van der Waals surface area contributed by atoms with Crippen molar-refractivity contribution < 1.29 is 4.79 Å². The van der Waals surface area contributed by atoms with Crippen LogP contribution in [-0.4, -0.2) is 41.0 Å². The maximum atomic E-state index is 12.8. The van der Waals surface area contributed by atoms with Gasteiger partial charge in [0.2, 0.25) is 0 Å². The van der Waals surface area contributed by atoms with Gasteiger partial charge in [-0.15, -0.1) is 11.3 Å². The Morgan fingerprint density at radius 3 is 2.78 bits per heavy atom. The van der Waals surface area contributed by atoms with Gasteiger partial charge in [0.1, 0.15) is 22.1 Å². The molecular weight excluding hydrogens is 404 g/mol. The van der Waals surface area contributed by atoms with Crippen LogP contribution in [0.25, 0.3) is 0 Å². The molecule has 9 nitrogen and oxygen atoms in total. The smallest absolute Gasteiger partial charge is 0.277 e. The highest BCUT2D eigenvalue weighted by Crippen LogP contribution is 2.31. The highest BCUT2D eigenvalue weighted by Gasteiger charge is 2.18. The third-order valence-corrected chi connectivity index (χ3v) is 5.53. The molecule has 0 radical (unpaired) electrons. The number of H-pyrrole nitrogens is 1. The highest BCUT2D eigenvalue weighted by molar-refractivity contribution is 7.99. The van der Waals surface area contributed by atoms with E-state index in [9.17, 15) is 4.79 Å². The van der Waals surface area contributed by atoms with Crippen LogP contribution in [0.15, 0.2) is 68.7 Å². The van der Waals surface area contributed by atoms with Gasteiger partial charge in [-0.2, -0.15) is 5.10 Å². The van der Waals surface area contributed by atoms with Crippen molar-refractivity contribution in [1.82, 2.24) is 35.1 Å². The fourth-order valence-electron chi connectivity index (χ4n) is 1.97. The van der Waals surface area contributed by atoms with Gasteiger partial charge in [0.25, 0.3) is 5.91 Å². The number of nitrogens with one attached hydrogen (secondary N) is 2. The van der Waals surface area contributed by atoms with E-state index in [4.69, 9.17) is 0 Å². The number of rotatable bonds is 6. The summed E-state index contributed by atoms with van der Waals surface area (Å²) in [6.07, 6.45) is 7.86. The molecule has 4 aromatic heterocycles. The summed E-state index contributed by atoms with van der Waals surface area (Å²) in [6.45, 7) is 0. The van der Waals surface area contributed by atoms with Crippen LogP contribution in [0.4, 0.5) is 5.13 Å². The molecule has 0 aromatic carbocycles. The van der Waals surface area contributed by atoms with Crippen molar-refractivity contribution in [2.24, 2.45) is 0 Å². The number of carbonyl (C=O) groups is 1. The van der Waals surface area contributed by atoms with E-state index in [0.29, 0.717) is 25.2 Å². The minimum absolute atomic E-state index is 0.269. The fraction of sp³-hybridized carbons (Fsp3) is 0. The Labute approximate surface area is 165 Å². The van der Waals surface area contributed by atoms with Crippen molar-refractivity contribution in [3.05, 3.63) is 54.3 Å². The molecule has 0 fully saturated rings. The third-order valence-electron chi connectivity index (χ3n) is 3.05. The summed E-state index contributed by atoms with van der Waals surface area (Å²) in [5, 5.41) is 13.5. The van der Waals surface area contributed by atoms with Crippen molar-refractivity contribution in [3.63, 3.8) is 0 Å². The van der Waals surface area contributed by atoms with E-state index in [-0.39, 0.29) is 11.6 Å². The van der Waals surface area contributed by atoms with E-state index in [0.717, 1.165) is 0 Å². The molecule has 0 aliphatic heterocycles. The minimum Gasteiger partial charge on any atom is -0.296 e. The maximum absolute atomic E-state index is 12.8. The molecule has 4 aromatic rings. The second-order valence-electron chi connectivity index (χ2n) is 4.83. The number of nitrogens with zero attached hydrogens (tertiary/aromatic N) is 6. The van der Waals surface area contributed by atoms with Crippen molar-refractivity contribution in [3.8, 4) is 0 Å². The van der Waals surface area contributed by atoms with Gasteiger partial charge in [0.15, 0.2) is 10.3 Å². The summed E-state index contributed by atoms with van der Waals surface area (Å²) in [4.78, 5) is 34.4. The second-order valence-corrected chi connectivity index (χ2v) is 7.79. The number of amides is 1. The molecule has 134 valence electrons. The van der Waals surface area contributed by atoms with E-state index < -0.39 is 0 Å². The SMILES string of the molecule is O=C(Nc1nccs1)c1nc(Sc2ncn[nH]2)ccc1Sc1cnccn1. The van der Waals surface area contributed by atoms with Gasteiger partial charge >= 0.3 is 0 Å². The summed E-state index contributed by atoms with van der Waals surface area (Å²) < 4.78 is 0. The largest absolute Gasteiger partial charge is 0.296 e. The number of aromatic amines is 1. The van der Waals surface area contributed by atoms with Crippen molar-refractivity contribution in [1.29, 1.82) is 0 Å². The maximum Gasteiger partial charge on any atom is 0.277 e. The molecule has 4 rings (SSSR count). The number of thiazole rings is 1. The second kappa shape index (κ2) is 8.24. The zero-order valence-corrected chi connectivity index (χ0v) is 15.9. The molecule has 0 unspecified atom stereocenters. The summed E-state index contributed by atoms with van der Waals surface area (Å²) >= 11 is 3.93. The van der Waals surface area contributed by atoms with Crippen molar-refractivity contribution in [2.75, 3.05) is 5.32 Å². The average Bonchev–Trinajstić information content (AvgIpc) is 3.38. The minimum atomic E-state index is -0.351. The van der Waals surface area contributed by atoms with Gasteiger partial charge in [0, 0.05) is 28.9 Å². The van der Waals surface area contributed by atoms with Crippen LogP contribution < -0.4 is 5.32 Å². The number of hydrogen-bond donors (Lipinski definition) is 2. The van der Waals surface area contributed by atoms with E-state index in [1.807, 2.05) is 12.1 Å². The lowest BCUT2D eigenvalue weighted by molar-refractivity contribution is 0.101. The van der Waals surface area contributed by atoms with E-state index in [1.165, 1.54) is 41.2 Å². The van der Waals surface area contributed by atoms with Gasteiger partial charge < -0.3 is 0 Å². The number of pyridine rings is 1. The normalized spacial score (nSPS) is 10.7. The van der Waals surface area contributed by atoms with E-state index >= 15 is 0 Å². The topological polar surface area (TPSA) is 122 Å². The lowest BCUT2D eigenvalue weighted by Gasteiger charge is -2.09. The first kappa shape index (κ1) is 17.6. The first-order chi connectivity index (χ1) is 13.3. The Morgan fingerprint density at radius 2 is 2.04 bits per heavy atom. The summed E-state index contributed by atoms with van der Waals surface area (Å²) in [7, 11) is 0. The summed E-state index contributed by atoms with van der Waals surface area (Å²) in [5.74, 6) is -0.351. The number of carbonyl (C=O) groups excluding carboxylic acids is 1. The number of hydrogen-bond acceptors (Lipinski definition) is 10. The van der Waals surface area contributed by atoms with Crippen molar-refractivity contribution in [2.45, 2.75) is 20.1 Å². The predicted octanol–water partition coefficient (Wildman–Crippen LogP) is 3.00. The van der Waals surface area contributed by atoms with E-state index in [1.54, 1.807) is 30.2 Å². The van der Waals surface area contributed by atoms with E-state index in [2.05, 4.69) is 40.4 Å². The molecule has 2 N–H and O–H groups in total. The van der Waals surface area contributed by atoms with Gasteiger partial charge in [-0.1, -0.05) is 11.8 Å². The quantitative estimate of drug-likeness (QED) is 0.490. The monoisotopic (exact) mass is 414 g/mol. The Hall–Kier alpha value is -2.83. The molecule has 0 saturated carbocycles. The van der Waals surface area contributed by atoms with Crippen LogP contribution in [-0.2, 0) is 0 Å². The van der Waals surface area contributed by atoms with Crippen LogP contribution >= 0.6 is 34.9 Å². The molecule has 1 amide bonds. The fourth-order valence-corrected chi connectivity index (χ4v) is 3.98. The Bertz CT molecular complexity index is 1020.